The average molecular weight is 288 g/mol. The Hall–Kier alpha value is -2.11. The van der Waals surface area contributed by atoms with Crippen LogP contribution >= 0.6 is 0 Å². The molecule has 0 saturated heterocycles. The van der Waals surface area contributed by atoms with Crippen LogP contribution in [0.3, 0.4) is 0 Å². The van der Waals surface area contributed by atoms with Gasteiger partial charge in [0.25, 0.3) is 0 Å². The van der Waals surface area contributed by atoms with Crippen molar-refractivity contribution in [2.45, 2.75) is 39.7 Å². The molecule has 0 bridgehead atoms. The Labute approximate surface area is 125 Å². The van der Waals surface area contributed by atoms with Gasteiger partial charge in [-0.15, -0.1) is 10.2 Å². The Bertz CT molecular complexity index is 587. The molecule has 6 nitrogen and oxygen atoms in total. The van der Waals surface area contributed by atoms with Crippen LogP contribution in [0.5, 0.6) is 0 Å². The smallest absolute Gasteiger partial charge is 0.191 e. The number of hydrogen-bond donors (Lipinski definition) is 2. The number of guanidine groups is 1. The van der Waals surface area contributed by atoms with Crippen LogP contribution in [0, 0.1) is 0 Å². The minimum atomic E-state index is 0.378. The summed E-state index contributed by atoms with van der Waals surface area (Å²) in [6.45, 7) is 7.92. The number of aryl methyl sites for hydroxylation is 1. The lowest BCUT2D eigenvalue weighted by molar-refractivity contribution is 0.693. The predicted octanol–water partition coefficient (Wildman–Crippen LogP) is 1.63. The zero-order chi connectivity index (χ0) is 15.1. The van der Waals surface area contributed by atoms with Gasteiger partial charge < -0.3 is 10.6 Å². The van der Waals surface area contributed by atoms with Crippen LogP contribution in [0.2, 0.25) is 0 Å². The molecule has 0 atom stereocenters. The fraction of sp³-hybridized carbons (Fsp3) is 0.533. The summed E-state index contributed by atoms with van der Waals surface area (Å²) in [5.74, 6) is 1.86. The molecule has 2 heterocycles. The molecule has 2 N–H and O–H groups in total. The summed E-state index contributed by atoms with van der Waals surface area (Å²) in [5.41, 5.74) is 0.894. The molecule has 0 spiro atoms. The second-order valence-corrected chi connectivity index (χ2v) is 5.21. The van der Waals surface area contributed by atoms with Crippen molar-refractivity contribution >= 4 is 11.6 Å². The van der Waals surface area contributed by atoms with E-state index in [1.807, 2.05) is 28.8 Å². The lowest BCUT2D eigenvalue weighted by atomic mass is 10.3. The van der Waals surface area contributed by atoms with E-state index >= 15 is 0 Å². The van der Waals surface area contributed by atoms with Gasteiger partial charge in [0.1, 0.15) is 5.82 Å². The molecule has 0 radical (unpaired) electrons. The predicted molar refractivity (Wildman–Crippen MR) is 85.6 cm³/mol. The number of aliphatic imine (C=N–C) groups is 1. The first-order valence-corrected chi connectivity index (χ1v) is 7.54. The molecular formula is C15H24N6. The molecule has 2 aromatic rings. The molecule has 0 saturated carbocycles. The lowest BCUT2D eigenvalue weighted by Gasteiger charge is -2.13. The van der Waals surface area contributed by atoms with Gasteiger partial charge in [-0.3, -0.25) is 9.39 Å². The van der Waals surface area contributed by atoms with Crippen molar-refractivity contribution < 1.29 is 0 Å². The maximum absolute atomic E-state index is 4.57. The van der Waals surface area contributed by atoms with E-state index in [2.05, 4.69) is 46.6 Å². The topological polar surface area (TPSA) is 66.6 Å². The van der Waals surface area contributed by atoms with Crippen LogP contribution in [-0.2, 0) is 6.42 Å². The van der Waals surface area contributed by atoms with Gasteiger partial charge in [0.2, 0.25) is 0 Å². The van der Waals surface area contributed by atoms with Crippen LogP contribution in [0.4, 0.5) is 0 Å². The molecule has 21 heavy (non-hydrogen) atoms. The average Bonchev–Trinajstić information content (AvgIpc) is 2.86. The maximum Gasteiger partial charge on any atom is 0.191 e. The summed E-state index contributed by atoms with van der Waals surface area (Å²) in [5, 5.41) is 14.9. The Balaban J connectivity index is 1.88. The first-order chi connectivity index (χ1) is 10.2. The molecular weight excluding hydrogens is 264 g/mol. The number of pyridine rings is 1. The van der Waals surface area contributed by atoms with Gasteiger partial charge in [0, 0.05) is 31.7 Å². The van der Waals surface area contributed by atoms with Crippen LogP contribution < -0.4 is 10.6 Å². The standard InChI is InChI=1S/C15H24N6/c1-4-16-15(18-12(2)3)17-10-7-9-14-20-19-13-8-5-6-11-21(13)14/h5-6,8,11-12H,4,7,9-10H2,1-3H3,(H2,16,17,18). The van der Waals surface area contributed by atoms with Gasteiger partial charge in [-0.2, -0.15) is 0 Å². The molecule has 0 aliphatic rings. The third kappa shape index (κ3) is 4.44. The maximum atomic E-state index is 4.57. The lowest BCUT2D eigenvalue weighted by Crippen LogP contribution is -2.41. The molecule has 6 heteroatoms. The van der Waals surface area contributed by atoms with Crippen LogP contribution in [0.1, 0.15) is 33.0 Å². The minimum Gasteiger partial charge on any atom is -0.357 e. The quantitative estimate of drug-likeness (QED) is 0.481. The highest BCUT2D eigenvalue weighted by Gasteiger charge is 2.04. The summed E-state index contributed by atoms with van der Waals surface area (Å²) in [6, 6.07) is 6.31. The van der Waals surface area contributed by atoms with Crippen molar-refractivity contribution in [2.75, 3.05) is 13.1 Å². The summed E-state index contributed by atoms with van der Waals surface area (Å²) in [6.07, 6.45) is 3.82. The van der Waals surface area contributed by atoms with Crippen LogP contribution in [0.25, 0.3) is 5.65 Å². The van der Waals surface area contributed by atoms with E-state index in [1.54, 1.807) is 0 Å². The highest BCUT2D eigenvalue weighted by Crippen LogP contribution is 2.05. The number of rotatable bonds is 6. The molecule has 0 aromatic carbocycles. The minimum absolute atomic E-state index is 0.378. The molecule has 2 rings (SSSR count). The highest BCUT2D eigenvalue weighted by atomic mass is 15.2. The van der Waals surface area contributed by atoms with Gasteiger partial charge >= 0.3 is 0 Å². The molecule has 0 unspecified atom stereocenters. The summed E-state index contributed by atoms with van der Waals surface area (Å²) in [4.78, 5) is 4.57. The van der Waals surface area contributed by atoms with E-state index in [0.717, 1.165) is 43.4 Å². The monoisotopic (exact) mass is 288 g/mol. The van der Waals surface area contributed by atoms with Crippen molar-refractivity contribution in [2.24, 2.45) is 4.99 Å². The fourth-order valence-electron chi connectivity index (χ4n) is 2.08. The second kappa shape index (κ2) is 7.61. The first-order valence-electron chi connectivity index (χ1n) is 7.54. The molecule has 0 amide bonds. The Morgan fingerprint density at radius 2 is 2.19 bits per heavy atom. The van der Waals surface area contributed by atoms with E-state index in [-0.39, 0.29) is 0 Å². The van der Waals surface area contributed by atoms with E-state index in [4.69, 9.17) is 0 Å². The second-order valence-electron chi connectivity index (χ2n) is 5.21. The first kappa shape index (κ1) is 15.3. The van der Waals surface area contributed by atoms with E-state index in [9.17, 15) is 0 Å². The molecule has 2 aromatic heterocycles. The van der Waals surface area contributed by atoms with E-state index in [1.165, 1.54) is 0 Å². The molecule has 0 aliphatic heterocycles. The van der Waals surface area contributed by atoms with Gasteiger partial charge in [-0.25, -0.2) is 0 Å². The van der Waals surface area contributed by atoms with Crippen LogP contribution in [0.15, 0.2) is 29.4 Å². The summed E-state index contributed by atoms with van der Waals surface area (Å²) >= 11 is 0. The molecule has 114 valence electrons. The normalized spacial score (nSPS) is 12.1. The van der Waals surface area contributed by atoms with Crippen molar-refractivity contribution in [1.82, 2.24) is 25.2 Å². The largest absolute Gasteiger partial charge is 0.357 e. The van der Waals surface area contributed by atoms with Crippen molar-refractivity contribution in [3.05, 3.63) is 30.2 Å². The Morgan fingerprint density at radius 1 is 1.33 bits per heavy atom. The summed E-state index contributed by atoms with van der Waals surface area (Å²) in [7, 11) is 0. The number of nitrogens with zero attached hydrogens (tertiary/aromatic N) is 4. The number of fused-ring (bicyclic) bond motifs is 1. The van der Waals surface area contributed by atoms with Crippen molar-refractivity contribution in [3.8, 4) is 0 Å². The Morgan fingerprint density at radius 3 is 2.95 bits per heavy atom. The number of aromatic nitrogens is 3. The number of hydrogen-bond acceptors (Lipinski definition) is 3. The number of nitrogens with one attached hydrogen (secondary N) is 2. The third-order valence-electron chi connectivity index (χ3n) is 2.98. The van der Waals surface area contributed by atoms with Gasteiger partial charge in [-0.1, -0.05) is 6.07 Å². The van der Waals surface area contributed by atoms with Crippen molar-refractivity contribution in [1.29, 1.82) is 0 Å². The third-order valence-corrected chi connectivity index (χ3v) is 2.98. The Kier molecular flexibility index (Phi) is 5.54. The van der Waals surface area contributed by atoms with Crippen molar-refractivity contribution in [3.63, 3.8) is 0 Å². The van der Waals surface area contributed by atoms with Gasteiger partial charge in [-0.05, 0) is 39.3 Å². The van der Waals surface area contributed by atoms with Gasteiger partial charge in [0.05, 0.1) is 0 Å². The van der Waals surface area contributed by atoms with E-state index in [0.29, 0.717) is 6.04 Å². The van der Waals surface area contributed by atoms with Gasteiger partial charge in [0.15, 0.2) is 11.6 Å². The molecule has 0 fully saturated rings. The zero-order valence-electron chi connectivity index (χ0n) is 13.0. The zero-order valence-corrected chi connectivity index (χ0v) is 13.0. The summed E-state index contributed by atoms with van der Waals surface area (Å²) < 4.78 is 2.03. The SMILES string of the molecule is CCNC(=NCCCc1nnc2ccccn12)NC(C)C. The van der Waals surface area contributed by atoms with E-state index < -0.39 is 0 Å². The van der Waals surface area contributed by atoms with Crippen LogP contribution in [-0.4, -0.2) is 39.7 Å². The highest BCUT2D eigenvalue weighted by molar-refractivity contribution is 5.79. The molecule has 0 aliphatic carbocycles. The fourth-order valence-corrected chi connectivity index (χ4v) is 2.08.